The molecule has 0 saturated carbocycles. The lowest BCUT2D eigenvalue weighted by atomic mass is 10.1. The third-order valence-corrected chi connectivity index (χ3v) is 3.00. The number of aromatic nitrogens is 2. The van der Waals surface area contributed by atoms with Crippen LogP contribution in [0.3, 0.4) is 0 Å². The molecular weight excluding hydrogens is 228 g/mol. The molecule has 0 aliphatic rings. The maximum atomic E-state index is 12.2. The van der Waals surface area contributed by atoms with Crippen LogP contribution in [-0.2, 0) is 0 Å². The van der Waals surface area contributed by atoms with Gasteiger partial charge in [0.25, 0.3) is 5.91 Å². The molecule has 0 radical (unpaired) electrons. The maximum Gasteiger partial charge on any atom is 0.276 e. The number of nitrogens with zero attached hydrogens (tertiary/aromatic N) is 2. The molecule has 0 saturated heterocycles. The van der Waals surface area contributed by atoms with Crippen molar-refractivity contribution < 1.29 is 4.79 Å². The van der Waals surface area contributed by atoms with Crippen LogP contribution in [0.2, 0.25) is 0 Å². The molecular formula is C13H24N4O. The van der Waals surface area contributed by atoms with Gasteiger partial charge in [-0.25, -0.2) is 0 Å². The number of carbonyl (C=O) groups is 1. The first-order chi connectivity index (χ1) is 8.34. The minimum Gasteiger partial charge on any atom is -0.395 e. The van der Waals surface area contributed by atoms with Crippen molar-refractivity contribution in [3.8, 4) is 0 Å². The van der Waals surface area contributed by atoms with Crippen molar-refractivity contribution in [3.63, 3.8) is 0 Å². The van der Waals surface area contributed by atoms with Crippen LogP contribution >= 0.6 is 0 Å². The Morgan fingerprint density at radius 3 is 2.44 bits per heavy atom. The topological polar surface area (TPSA) is 75.0 Å². The average Bonchev–Trinajstić information content (AvgIpc) is 2.66. The van der Waals surface area contributed by atoms with Gasteiger partial charge in [0.05, 0.1) is 11.4 Å². The highest BCUT2D eigenvalue weighted by atomic mass is 16.2. The summed E-state index contributed by atoms with van der Waals surface area (Å²) in [6, 6.07) is 0. The summed E-state index contributed by atoms with van der Waals surface area (Å²) in [6.07, 6.45) is 0.976. The van der Waals surface area contributed by atoms with Gasteiger partial charge >= 0.3 is 0 Å². The highest BCUT2D eigenvalue weighted by Gasteiger charge is 2.21. The number of hydrogen-bond donors (Lipinski definition) is 2. The molecule has 5 heteroatoms. The van der Waals surface area contributed by atoms with E-state index in [9.17, 15) is 4.79 Å². The molecule has 18 heavy (non-hydrogen) atoms. The Hall–Kier alpha value is -1.52. The first-order valence-electron chi connectivity index (χ1n) is 6.43. The number of anilines is 1. The zero-order valence-electron chi connectivity index (χ0n) is 11.9. The summed E-state index contributed by atoms with van der Waals surface area (Å²) in [5.74, 6) is 0.694. The van der Waals surface area contributed by atoms with Gasteiger partial charge in [-0.2, -0.15) is 5.10 Å². The number of nitrogens with one attached hydrogen (secondary N) is 1. The molecule has 102 valence electrons. The second kappa shape index (κ2) is 5.89. The normalized spacial score (nSPS) is 11.3. The smallest absolute Gasteiger partial charge is 0.276 e. The van der Waals surface area contributed by atoms with Crippen LogP contribution in [0.15, 0.2) is 0 Å². The largest absolute Gasteiger partial charge is 0.395 e. The summed E-state index contributed by atoms with van der Waals surface area (Å²) in [5, 5.41) is 6.90. The molecule has 0 fully saturated rings. The van der Waals surface area contributed by atoms with Gasteiger partial charge in [0.1, 0.15) is 0 Å². The minimum absolute atomic E-state index is 0.115. The van der Waals surface area contributed by atoms with Crippen LogP contribution in [0.5, 0.6) is 0 Å². The van der Waals surface area contributed by atoms with Crippen LogP contribution in [0.1, 0.15) is 56.2 Å². The third kappa shape index (κ3) is 3.24. The van der Waals surface area contributed by atoms with Crippen molar-refractivity contribution in [2.45, 2.75) is 40.0 Å². The second-order valence-electron chi connectivity index (χ2n) is 5.46. The molecule has 1 rings (SSSR count). The third-order valence-electron chi connectivity index (χ3n) is 3.00. The Balaban J connectivity index is 2.78. The van der Waals surface area contributed by atoms with Crippen LogP contribution in [0, 0.1) is 5.92 Å². The highest BCUT2D eigenvalue weighted by molar-refractivity contribution is 5.97. The standard InChI is InChI=1S/C13H24N4O/c1-8(2)6-7-17(5)13(18)12-10(14)11(9(3)4)15-16-12/h8-9H,6-7,14H2,1-5H3,(H,15,16). The number of hydrogen-bond acceptors (Lipinski definition) is 3. The van der Waals surface area contributed by atoms with Gasteiger partial charge in [0.2, 0.25) is 0 Å². The van der Waals surface area contributed by atoms with Crippen LogP contribution in [0.4, 0.5) is 5.69 Å². The lowest BCUT2D eigenvalue weighted by Gasteiger charge is -2.17. The Morgan fingerprint density at radius 2 is 2.00 bits per heavy atom. The summed E-state index contributed by atoms with van der Waals surface area (Å²) in [7, 11) is 1.79. The van der Waals surface area contributed by atoms with Crippen molar-refractivity contribution in [2.24, 2.45) is 5.92 Å². The van der Waals surface area contributed by atoms with Crippen molar-refractivity contribution in [2.75, 3.05) is 19.3 Å². The summed E-state index contributed by atoms with van der Waals surface area (Å²) in [4.78, 5) is 13.9. The van der Waals surface area contributed by atoms with Crippen molar-refractivity contribution in [1.29, 1.82) is 0 Å². The number of nitrogen functional groups attached to an aromatic ring is 1. The summed E-state index contributed by atoms with van der Waals surface area (Å²) >= 11 is 0. The minimum atomic E-state index is -0.115. The van der Waals surface area contributed by atoms with Crippen molar-refractivity contribution in [3.05, 3.63) is 11.4 Å². The van der Waals surface area contributed by atoms with E-state index in [0.29, 0.717) is 17.3 Å². The van der Waals surface area contributed by atoms with Crippen molar-refractivity contribution in [1.82, 2.24) is 15.1 Å². The number of amides is 1. The van der Waals surface area contributed by atoms with Gasteiger partial charge in [-0.15, -0.1) is 0 Å². The zero-order valence-corrected chi connectivity index (χ0v) is 11.9. The zero-order chi connectivity index (χ0) is 13.9. The number of H-pyrrole nitrogens is 1. The van der Waals surface area contributed by atoms with Gasteiger partial charge in [-0.05, 0) is 18.3 Å². The quantitative estimate of drug-likeness (QED) is 0.843. The number of carbonyl (C=O) groups excluding carboxylic acids is 1. The summed E-state index contributed by atoms with van der Waals surface area (Å²) < 4.78 is 0. The van der Waals surface area contributed by atoms with Gasteiger partial charge in [0.15, 0.2) is 5.69 Å². The molecule has 0 spiro atoms. The molecule has 1 aromatic rings. The highest BCUT2D eigenvalue weighted by Crippen LogP contribution is 2.22. The van der Waals surface area contributed by atoms with E-state index in [0.717, 1.165) is 18.7 Å². The first-order valence-corrected chi connectivity index (χ1v) is 6.43. The van der Waals surface area contributed by atoms with Crippen molar-refractivity contribution >= 4 is 11.6 Å². The Kier molecular flexibility index (Phi) is 4.76. The number of rotatable bonds is 5. The molecule has 0 aliphatic heterocycles. The summed E-state index contributed by atoms with van der Waals surface area (Å²) in [5.41, 5.74) is 7.60. The Morgan fingerprint density at radius 1 is 1.39 bits per heavy atom. The van der Waals surface area contributed by atoms with Gasteiger partial charge in [-0.1, -0.05) is 27.7 Å². The van der Waals surface area contributed by atoms with E-state index in [4.69, 9.17) is 5.73 Å². The van der Waals surface area contributed by atoms with Gasteiger partial charge in [0, 0.05) is 13.6 Å². The lowest BCUT2D eigenvalue weighted by Crippen LogP contribution is -2.29. The average molecular weight is 252 g/mol. The van der Waals surface area contributed by atoms with E-state index in [1.165, 1.54) is 0 Å². The fraction of sp³-hybridized carbons (Fsp3) is 0.692. The molecule has 0 atom stereocenters. The first kappa shape index (κ1) is 14.5. The second-order valence-corrected chi connectivity index (χ2v) is 5.46. The Bertz CT molecular complexity index is 409. The van der Waals surface area contributed by atoms with Gasteiger partial charge < -0.3 is 10.6 Å². The predicted octanol–water partition coefficient (Wildman–Crippen LogP) is 2.23. The fourth-order valence-corrected chi connectivity index (χ4v) is 1.70. The van der Waals surface area contributed by atoms with E-state index in [2.05, 4.69) is 24.0 Å². The molecule has 1 amide bonds. The predicted molar refractivity (Wildman–Crippen MR) is 73.5 cm³/mol. The SMILES string of the molecule is CC(C)CCN(C)C(=O)c1n[nH]c(C(C)C)c1N. The van der Waals surface area contributed by atoms with Crippen LogP contribution < -0.4 is 5.73 Å². The van der Waals surface area contributed by atoms with Crippen LogP contribution in [0.25, 0.3) is 0 Å². The molecule has 1 aromatic heterocycles. The van der Waals surface area contributed by atoms with Crippen LogP contribution in [-0.4, -0.2) is 34.6 Å². The van der Waals surface area contributed by atoms with E-state index in [1.807, 2.05) is 13.8 Å². The lowest BCUT2D eigenvalue weighted by molar-refractivity contribution is 0.0784. The molecule has 0 aromatic carbocycles. The number of aromatic amines is 1. The fourth-order valence-electron chi connectivity index (χ4n) is 1.70. The molecule has 0 unspecified atom stereocenters. The molecule has 1 heterocycles. The molecule has 0 bridgehead atoms. The van der Waals surface area contributed by atoms with E-state index < -0.39 is 0 Å². The van der Waals surface area contributed by atoms with Gasteiger partial charge in [-0.3, -0.25) is 9.89 Å². The summed E-state index contributed by atoms with van der Waals surface area (Å²) in [6.45, 7) is 9.03. The molecule has 5 nitrogen and oxygen atoms in total. The maximum absolute atomic E-state index is 12.2. The monoisotopic (exact) mass is 252 g/mol. The molecule has 0 aliphatic carbocycles. The number of nitrogens with two attached hydrogens (primary N) is 1. The van der Waals surface area contributed by atoms with E-state index >= 15 is 0 Å². The van der Waals surface area contributed by atoms with E-state index in [1.54, 1.807) is 11.9 Å². The molecule has 3 N–H and O–H groups in total. The Labute approximate surface area is 109 Å². The van der Waals surface area contributed by atoms with E-state index in [-0.39, 0.29) is 11.8 Å².